The number of rotatable bonds is 7. The van der Waals surface area contributed by atoms with E-state index in [-0.39, 0.29) is 11.8 Å². The lowest BCUT2D eigenvalue weighted by Gasteiger charge is -2.05. The van der Waals surface area contributed by atoms with Gasteiger partial charge in [0.25, 0.3) is 5.91 Å². The van der Waals surface area contributed by atoms with Crippen LogP contribution in [0, 0.1) is 0 Å². The molecule has 1 aromatic heterocycles. The van der Waals surface area contributed by atoms with Gasteiger partial charge in [0.1, 0.15) is 5.01 Å². The molecule has 8 heteroatoms. The Morgan fingerprint density at radius 3 is 2.67 bits per heavy atom. The van der Waals surface area contributed by atoms with Gasteiger partial charge in [0.05, 0.1) is 0 Å². The van der Waals surface area contributed by atoms with Crippen LogP contribution in [0.25, 0.3) is 0 Å². The largest absolute Gasteiger partial charge is 0.352 e. The van der Waals surface area contributed by atoms with E-state index in [9.17, 15) is 9.59 Å². The fraction of sp³-hybridized carbons (Fsp3) is 0.375. The molecule has 1 saturated carbocycles. The topological polar surface area (TPSA) is 84.0 Å². The third kappa shape index (κ3) is 4.75. The maximum atomic E-state index is 11.9. The Hall–Kier alpha value is -1.99. The van der Waals surface area contributed by atoms with Gasteiger partial charge in [-0.25, -0.2) is 0 Å². The molecule has 2 amide bonds. The third-order valence-corrected chi connectivity index (χ3v) is 4.84. The van der Waals surface area contributed by atoms with Crippen LogP contribution in [0.5, 0.6) is 0 Å². The van der Waals surface area contributed by atoms with Gasteiger partial charge in [-0.15, -0.1) is 10.2 Å². The third-order valence-electron chi connectivity index (χ3n) is 3.59. The van der Waals surface area contributed by atoms with E-state index in [1.165, 1.54) is 11.3 Å². The molecule has 0 radical (unpaired) electrons. The highest BCUT2D eigenvalue weighted by molar-refractivity contribution is 7.15. The van der Waals surface area contributed by atoms with Gasteiger partial charge in [0, 0.05) is 29.5 Å². The number of hydrogen-bond acceptors (Lipinski definition) is 5. The molecule has 0 aliphatic heterocycles. The maximum Gasteiger partial charge on any atom is 0.251 e. The fourth-order valence-corrected chi connectivity index (χ4v) is 3.17. The predicted octanol–water partition coefficient (Wildman–Crippen LogP) is 3.22. The highest BCUT2D eigenvalue weighted by Gasteiger charge is 2.27. The summed E-state index contributed by atoms with van der Waals surface area (Å²) in [5.41, 5.74) is 0.547. The van der Waals surface area contributed by atoms with Crippen molar-refractivity contribution in [3.05, 3.63) is 39.9 Å². The summed E-state index contributed by atoms with van der Waals surface area (Å²) < 4.78 is 0. The highest BCUT2D eigenvalue weighted by Crippen LogP contribution is 2.42. The molecule has 3 rings (SSSR count). The van der Waals surface area contributed by atoms with E-state index in [4.69, 9.17) is 11.6 Å². The lowest BCUT2D eigenvalue weighted by atomic mass is 10.2. The first-order valence-corrected chi connectivity index (χ1v) is 8.98. The van der Waals surface area contributed by atoms with Crippen LogP contribution >= 0.6 is 22.9 Å². The Morgan fingerprint density at radius 2 is 1.96 bits per heavy atom. The van der Waals surface area contributed by atoms with Crippen LogP contribution in [0.2, 0.25) is 5.02 Å². The number of halogens is 1. The van der Waals surface area contributed by atoms with Crippen LogP contribution in [0.3, 0.4) is 0 Å². The van der Waals surface area contributed by atoms with Crippen molar-refractivity contribution in [2.24, 2.45) is 0 Å². The number of benzene rings is 1. The van der Waals surface area contributed by atoms with Crippen molar-refractivity contribution in [2.45, 2.75) is 31.6 Å². The van der Waals surface area contributed by atoms with Crippen LogP contribution in [0.15, 0.2) is 24.3 Å². The first kappa shape index (κ1) is 16.9. The van der Waals surface area contributed by atoms with Gasteiger partial charge in [0.15, 0.2) is 0 Å². The second-order valence-corrected chi connectivity index (χ2v) is 7.08. The molecule has 1 aromatic carbocycles. The van der Waals surface area contributed by atoms with Gasteiger partial charge in [-0.2, -0.15) is 0 Å². The number of hydrogen-bond donors (Lipinski definition) is 2. The normalized spacial score (nSPS) is 13.5. The van der Waals surface area contributed by atoms with Gasteiger partial charge in [-0.05, 0) is 43.5 Å². The Kier molecular flexibility index (Phi) is 5.42. The standard InChI is InChI=1S/C16H17ClN4O2S/c17-12-7-5-10(6-8-12)14(23)18-9-1-2-13(22)19-16-21-20-15(24-16)11-3-4-11/h5-8,11H,1-4,9H2,(H,18,23)(H,19,21,22). The number of nitrogens with zero attached hydrogens (tertiary/aromatic N) is 2. The van der Waals surface area contributed by atoms with Crippen LogP contribution in [0.4, 0.5) is 5.13 Å². The number of nitrogens with one attached hydrogen (secondary N) is 2. The summed E-state index contributed by atoms with van der Waals surface area (Å²) in [6.07, 6.45) is 3.20. The molecule has 1 aliphatic rings. The predicted molar refractivity (Wildman–Crippen MR) is 93.5 cm³/mol. The molecule has 6 nitrogen and oxygen atoms in total. The summed E-state index contributed by atoms with van der Waals surface area (Å²) in [6.45, 7) is 0.429. The van der Waals surface area contributed by atoms with Crippen LogP contribution in [-0.2, 0) is 4.79 Å². The number of aromatic nitrogens is 2. The van der Waals surface area contributed by atoms with E-state index < -0.39 is 0 Å². The van der Waals surface area contributed by atoms with Crippen molar-refractivity contribution in [3.63, 3.8) is 0 Å². The summed E-state index contributed by atoms with van der Waals surface area (Å²) in [4.78, 5) is 23.8. The Labute approximate surface area is 148 Å². The zero-order valence-corrected chi connectivity index (χ0v) is 14.5. The molecule has 24 heavy (non-hydrogen) atoms. The maximum absolute atomic E-state index is 11.9. The fourth-order valence-electron chi connectivity index (χ4n) is 2.12. The van der Waals surface area contributed by atoms with Crippen molar-refractivity contribution in [1.29, 1.82) is 0 Å². The number of carbonyl (C=O) groups excluding carboxylic acids is 2. The van der Waals surface area contributed by atoms with E-state index >= 15 is 0 Å². The molecular formula is C16H17ClN4O2S. The molecule has 0 bridgehead atoms. The molecule has 0 spiro atoms. The molecule has 1 fully saturated rings. The number of anilines is 1. The van der Waals surface area contributed by atoms with Crippen molar-refractivity contribution >= 4 is 39.9 Å². The summed E-state index contributed by atoms with van der Waals surface area (Å²) in [7, 11) is 0. The molecular weight excluding hydrogens is 348 g/mol. The van der Waals surface area contributed by atoms with Gasteiger partial charge in [0.2, 0.25) is 11.0 Å². The summed E-state index contributed by atoms with van der Waals surface area (Å²) >= 11 is 7.22. The highest BCUT2D eigenvalue weighted by atomic mass is 35.5. The quantitative estimate of drug-likeness (QED) is 0.739. The molecule has 1 aliphatic carbocycles. The van der Waals surface area contributed by atoms with E-state index in [0.29, 0.717) is 41.0 Å². The zero-order valence-electron chi connectivity index (χ0n) is 12.9. The Bertz CT molecular complexity index is 728. The van der Waals surface area contributed by atoms with E-state index in [0.717, 1.165) is 17.8 Å². The average molecular weight is 365 g/mol. The molecule has 0 saturated heterocycles. The average Bonchev–Trinajstić information content (AvgIpc) is 3.32. The van der Waals surface area contributed by atoms with Crippen LogP contribution in [0.1, 0.15) is 47.0 Å². The van der Waals surface area contributed by atoms with Crippen molar-refractivity contribution < 1.29 is 9.59 Å². The van der Waals surface area contributed by atoms with Gasteiger partial charge < -0.3 is 10.6 Å². The van der Waals surface area contributed by atoms with Crippen molar-refractivity contribution in [1.82, 2.24) is 15.5 Å². The second-order valence-electron chi connectivity index (χ2n) is 5.63. The van der Waals surface area contributed by atoms with Gasteiger partial charge in [-0.3, -0.25) is 9.59 Å². The van der Waals surface area contributed by atoms with Crippen molar-refractivity contribution in [3.8, 4) is 0 Å². The lowest BCUT2D eigenvalue weighted by Crippen LogP contribution is -2.25. The first-order chi connectivity index (χ1) is 11.6. The monoisotopic (exact) mass is 364 g/mol. The molecule has 0 unspecified atom stereocenters. The number of amides is 2. The molecule has 126 valence electrons. The Morgan fingerprint density at radius 1 is 1.21 bits per heavy atom. The smallest absolute Gasteiger partial charge is 0.251 e. The van der Waals surface area contributed by atoms with Crippen LogP contribution < -0.4 is 10.6 Å². The molecule has 2 aromatic rings. The molecule has 2 N–H and O–H groups in total. The minimum Gasteiger partial charge on any atom is -0.352 e. The van der Waals surface area contributed by atoms with Crippen LogP contribution in [-0.4, -0.2) is 28.6 Å². The van der Waals surface area contributed by atoms with E-state index in [1.807, 2.05) is 0 Å². The number of carbonyl (C=O) groups is 2. The minimum atomic E-state index is -0.176. The second kappa shape index (κ2) is 7.72. The summed E-state index contributed by atoms with van der Waals surface area (Å²) in [5, 5.41) is 15.7. The molecule has 0 atom stereocenters. The summed E-state index contributed by atoms with van der Waals surface area (Å²) in [5.74, 6) is 0.246. The molecule has 1 heterocycles. The van der Waals surface area contributed by atoms with E-state index in [1.54, 1.807) is 24.3 Å². The summed E-state index contributed by atoms with van der Waals surface area (Å²) in [6, 6.07) is 6.67. The van der Waals surface area contributed by atoms with Gasteiger partial charge in [-0.1, -0.05) is 22.9 Å². The van der Waals surface area contributed by atoms with Gasteiger partial charge >= 0.3 is 0 Å². The minimum absolute atomic E-state index is 0.116. The van der Waals surface area contributed by atoms with E-state index in [2.05, 4.69) is 20.8 Å². The van der Waals surface area contributed by atoms with Crippen molar-refractivity contribution in [2.75, 3.05) is 11.9 Å². The Balaban J connectivity index is 1.35. The first-order valence-electron chi connectivity index (χ1n) is 7.79. The zero-order chi connectivity index (χ0) is 16.9. The lowest BCUT2D eigenvalue weighted by molar-refractivity contribution is -0.116. The SMILES string of the molecule is O=C(CCCNC(=O)c1ccc(Cl)cc1)Nc1nnc(C2CC2)s1.